The molecule has 0 aliphatic carbocycles. The molecule has 1 saturated heterocycles. The molecule has 2 rings (SSSR count). The average Bonchev–Trinajstić information content (AvgIpc) is 2.74. The summed E-state index contributed by atoms with van der Waals surface area (Å²) in [6, 6.07) is 6.74. The third-order valence-corrected chi connectivity index (χ3v) is 4.90. The normalized spacial score (nSPS) is 21.3. The van der Waals surface area contributed by atoms with Gasteiger partial charge >= 0.3 is 0 Å². The number of hydrogen-bond donors (Lipinski definition) is 1. The molecule has 1 heterocycles. The van der Waals surface area contributed by atoms with Crippen LogP contribution < -0.4 is 4.72 Å². The second-order valence-corrected chi connectivity index (χ2v) is 6.63. The molecule has 6 heteroatoms. The van der Waals surface area contributed by atoms with Gasteiger partial charge in [0, 0.05) is 18.5 Å². The van der Waals surface area contributed by atoms with E-state index in [9.17, 15) is 8.42 Å². The summed E-state index contributed by atoms with van der Waals surface area (Å²) in [7, 11) is -1.45. The first kappa shape index (κ1) is 13.8. The summed E-state index contributed by atoms with van der Waals surface area (Å²) in [5.41, 5.74) is 0.808. The maximum atomic E-state index is 12.2. The molecule has 0 spiro atoms. The summed E-state index contributed by atoms with van der Waals surface area (Å²) in [4.78, 5) is 2.40. The molecule has 0 radical (unpaired) electrons. The number of nitrogens with zero attached hydrogens (tertiary/aromatic N) is 1. The number of hydrogen-bond acceptors (Lipinski definition) is 3. The van der Waals surface area contributed by atoms with E-state index in [-0.39, 0.29) is 10.9 Å². The first-order valence-corrected chi connectivity index (χ1v) is 7.89. The van der Waals surface area contributed by atoms with E-state index in [0.717, 1.165) is 25.1 Å². The molecular formula is C12H17ClN2O2S. The maximum absolute atomic E-state index is 12.2. The highest BCUT2D eigenvalue weighted by Crippen LogP contribution is 2.15. The van der Waals surface area contributed by atoms with Crippen LogP contribution in [-0.4, -0.2) is 39.5 Å². The van der Waals surface area contributed by atoms with Gasteiger partial charge in [0.1, 0.15) is 0 Å². The fourth-order valence-electron chi connectivity index (χ4n) is 2.11. The fraction of sp³-hybridized carbons (Fsp3) is 0.500. The Balaban J connectivity index is 2.14. The number of likely N-dealkylation sites (N-methyl/N-ethyl adjacent to an activating group) is 1. The van der Waals surface area contributed by atoms with Gasteiger partial charge in [0.25, 0.3) is 0 Å². The molecule has 1 fully saturated rings. The minimum absolute atomic E-state index is 0.000317. The van der Waals surface area contributed by atoms with Gasteiger partial charge in [0.05, 0.1) is 4.90 Å². The summed E-state index contributed by atoms with van der Waals surface area (Å²) in [5.74, 6) is 0.315. The molecule has 1 aromatic carbocycles. The first-order chi connectivity index (χ1) is 8.51. The van der Waals surface area contributed by atoms with Crippen LogP contribution in [0.25, 0.3) is 0 Å². The fourth-order valence-corrected chi connectivity index (χ4v) is 3.61. The van der Waals surface area contributed by atoms with Crippen molar-refractivity contribution in [2.45, 2.75) is 23.2 Å². The van der Waals surface area contributed by atoms with Crippen molar-refractivity contribution < 1.29 is 8.42 Å². The maximum Gasteiger partial charge on any atom is 0.240 e. The monoisotopic (exact) mass is 288 g/mol. The van der Waals surface area contributed by atoms with Crippen LogP contribution in [-0.2, 0) is 15.9 Å². The van der Waals surface area contributed by atoms with Crippen molar-refractivity contribution in [1.29, 1.82) is 0 Å². The largest absolute Gasteiger partial charge is 0.305 e. The number of benzene rings is 1. The molecule has 1 aliphatic heterocycles. The van der Waals surface area contributed by atoms with Crippen LogP contribution in [0, 0.1) is 0 Å². The second-order valence-electron chi connectivity index (χ2n) is 4.65. The topological polar surface area (TPSA) is 49.4 Å². The average molecular weight is 289 g/mol. The van der Waals surface area contributed by atoms with Crippen molar-refractivity contribution in [3.8, 4) is 0 Å². The molecule has 1 aliphatic rings. The Morgan fingerprint density at radius 3 is 2.89 bits per heavy atom. The highest BCUT2D eigenvalue weighted by Gasteiger charge is 2.25. The molecule has 1 atom stereocenters. The van der Waals surface area contributed by atoms with Crippen LogP contribution in [0.4, 0.5) is 0 Å². The molecule has 0 saturated carbocycles. The standard InChI is InChI=1S/C12H17ClN2O2S/c1-15-6-5-11(9-15)14-18(16,17)12-4-2-3-10(7-12)8-13/h2-4,7,11,14H,5-6,8-9H2,1H3. The third-order valence-electron chi connectivity index (χ3n) is 3.08. The molecule has 1 aromatic rings. The minimum Gasteiger partial charge on any atom is -0.305 e. The predicted octanol–water partition coefficient (Wildman–Crippen LogP) is 1.41. The van der Waals surface area contributed by atoms with Crippen LogP contribution in [0.3, 0.4) is 0 Å². The van der Waals surface area contributed by atoms with Gasteiger partial charge in [0.15, 0.2) is 0 Å². The van der Waals surface area contributed by atoms with Crippen LogP contribution in [0.15, 0.2) is 29.2 Å². The van der Waals surface area contributed by atoms with Crippen LogP contribution >= 0.6 is 11.6 Å². The molecule has 0 bridgehead atoms. The van der Waals surface area contributed by atoms with Crippen LogP contribution in [0.1, 0.15) is 12.0 Å². The Hall–Kier alpha value is -0.620. The van der Waals surface area contributed by atoms with E-state index >= 15 is 0 Å². The van der Waals surface area contributed by atoms with Gasteiger partial charge in [-0.1, -0.05) is 12.1 Å². The zero-order valence-electron chi connectivity index (χ0n) is 10.3. The summed E-state index contributed by atoms with van der Waals surface area (Å²) in [6.07, 6.45) is 0.852. The highest BCUT2D eigenvalue weighted by atomic mass is 35.5. The van der Waals surface area contributed by atoms with E-state index in [4.69, 9.17) is 11.6 Å². The minimum atomic E-state index is -3.44. The number of likely N-dealkylation sites (tertiary alicyclic amines) is 1. The SMILES string of the molecule is CN1CCC(NS(=O)(=O)c2cccc(CCl)c2)C1. The summed E-state index contributed by atoms with van der Waals surface area (Å²) < 4.78 is 27.1. The van der Waals surface area contributed by atoms with E-state index in [1.165, 1.54) is 0 Å². The van der Waals surface area contributed by atoms with E-state index in [2.05, 4.69) is 9.62 Å². The van der Waals surface area contributed by atoms with Crippen molar-refractivity contribution >= 4 is 21.6 Å². The molecule has 100 valence electrons. The Morgan fingerprint density at radius 1 is 1.50 bits per heavy atom. The van der Waals surface area contributed by atoms with Crippen LogP contribution in [0.5, 0.6) is 0 Å². The Labute approximate surface area is 113 Å². The smallest absolute Gasteiger partial charge is 0.240 e. The zero-order valence-corrected chi connectivity index (χ0v) is 11.8. The van der Waals surface area contributed by atoms with Gasteiger partial charge < -0.3 is 4.90 Å². The van der Waals surface area contributed by atoms with Crippen molar-refractivity contribution in [3.05, 3.63) is 29.8 Å². The summed E-state index contributed by atoms with van der Waals surface area (Å²) in [5, 5.41) is 0. The summed E-state index contributed by atoms with van der Waals surface area (Å²) in [6.45, 7) is 1.68. The lowest BCUT2D eigenvalue weighted by atomic mass is 10.2. The second kappa shape index (κ2) is 5.57. The Morgan fingerprint density at radius 2 is 2.28 bits per heavy atom. The van der Waals surface area contributed by atoms with Crippen LogP contribution in [0.2, 0.25) is 0 Å². The molecule has 1 unspecified atom stereocenters. The predicted molar refractivity (Wildman–Crippen MR) is 72.2 cm³/mol. The van der Waals surface area contributed by atoms with E-state index in [1.54, 1.807) is 18.2 Å². The molecule has 0 amide bonds. The van der Waals surface area contributed by atoms with E-state index in [0.29, 0.717) is 5.88 Å². The van der Waals surface area contributed by atoms with Crippen molar-refractivity contribution in [1.82, 2.24) is 9.62 Å². The number of rotatable bonds is 4. The lowest BCUT2D eigenvalue weighted by Crippen LogP contribution is -2.36. The lowest BCUT2D eigenvalue weighted by molar-refractivity contribution is 0.407. The Bertz CT molecular complexity index is 519. The van der Waals surface area contributed by atoms with Gasteiger partial charge in [0.2, 0.25) is 10.0 Å². The Kier molecular flexibility index (Phi) is 4.27. The van der Waals surface area contributed by atoms with E-state index in [1.807, 2.05) is 13.1 Å². The lowest BCUT2D eigenvalue weighted by Gasteiger charge is -2.13. The zero-order chi connectivity index (χ0) is 13.2. The molecular weight excluding hydrogens is 272 g/mol. The van der Waals surface area contributed by atoms with Crippen molar-refractivity contribution in [2.75, 3.05) is 20.1 Å². The van der Waals surface area contributed by atoms with E-state index < -0.39 is 10.0 Å². The number of alkyl halides is 1. The molecule has 4 nitrogen and oxygen atoms in total. The van der Waals surface area contributed by atoms with Gasteiger partial charge in [-0.25, -0.2) is 13.1 Å². The molecule has 0 aromatic heterocycles. The number of nitrogens with one attached hydrogen (secondary N) is 1. The first-order valence-electron chi connectivity index (χ1n) is 5.87. The van der Waals surface area contributed by atoms with Crippen molar-refractivity contribution in [3.63, 3.8) is 0 Å². The van der Waals surface area contributed by atoms with Crippen molar-refractivity contribution in [2.24, 2.45) is 0 Å². The third kappa shape index (κ3) is 3.23. The van der Waals surface area contributed by atoms with Gasteiger partial charge in [-0.2, -0.15) is 0 Å². The quantitative estimate of drug-likeness (QED) is 0.852. The number of sulfonamides is 1. The highest BCUT2D eigenvalue weighted by molar-refractivity contribution is 7.89. The van der Waals surface area contributed by atoms with Gasteiger partial charge in [-0.15, -0.1) is 11.6 Å². The van der Waals surface area contributed by atoms with Gasteiger partial charge in [-0.3, -0.25) is 0 Å². The summed E-state index contributed by atoms with van der Waals surface area (Å²) >= 11 is 5.72. The van der Waals surface area contributed by atoms with Gasteiger partial charge in [-0.05, 0) is 37.7 Å². The molecule has 18 heavy (non-hydrogen) atoms. The number of halogens is 1. The molecule has 1 N–H and O–H groups in total.